The first-order chi connectivity index (χ1) is 5.94. The Bertz CT molecular complexity index is 396. The van der Waals surface area contributed by atoms with Gasteiger partial charge in [-0.25, -0.2) is 8.42 Å². The molecular formula is C9H11ClO2S. The van der Waals surface area contributed by atoms with E-state index in [9.17, 15) is 8.42 Å². The summed E-state index contributed by atoms with van der Waals surface area (Å²) in [6.45, 7) is 3.30. The van der Waals surface area contributed by atoms with Crippen molar-refractivity contribution in [3.05, 3.63) is 29.8 Å². The Morgan fingerprint density at radius 1 is 1.38 bits per heavy atom. The molecule has 0 N–H and O–H groups in total. The number of rotatable bonds is 2. The molecule has 0 aliphatic heterocycles. The number of benzene rings is 1. The standard InChI is InChI=1S/C9H11ClO2S/c1-7-4-3-5-9(6-7)13(11,12)8(2)10/h3-6,8H,1-2H3. The van der Waals surface area contributed by atoms with Crippen LogP contribution in [0, 0.1) is 6.92 Å². The minimum Gasteiger partial charge on any atom is -0.222 e. The first-order valence-corrected chi connectivity index (χ1v) is 5.87. The van der Waals surface area contributed by atoms with Crippen molar-refractivity contribution < 1.29 is 8.42 Å². The minimum atomic E-state index is -3.33. The van der Waals surface area contributed by atoms with Gasteiger partial charge < -0.3 is 0 Å². The predicted molar refractivity (Wildman–Crippen MR) is 53.7 cm³/mol. The van der Waals surface area contributed by atoms with Crippen molar-refractivity contribution in [1.29, 1.82) is 0 Å². The molecule has 0 radical (unpaired) electrons. The SMILES string of the molecule is Cc1cccc(S(=O)(=O)C(C)Cl)c1. The number of aryl methyl sites for hydroxylation is 1. The largest absolute Gasteiger partial charge is 0.222 e. The minimum absolute atomic E-state index is 0.287. The molecule has 13 heavy (non-hydrogen) atoms. The molecule has 0 saturated heterocycles. The van der Waals surface area contributed by atoms with Crippen LogP contribution < -0.4 is 0 Å². The average molecular weight is 219 g/mol. The van der Waals surface area contributed by atoms with Crippen molar-refractivity contribution in [2.75, 3.05) is 0 Å². The van der Waals surface area contributed by atoms with Crippen LogP contribution in [0.2, 0.25) is 0 Å². The fraction of sp³-hybridized carbons (Fsp3) is 0.333. The zero-order chi connectivity index (χ0) is 10.1. The van der Waals surface area contributed by atoms with Crippen LogP contribution in [0.15, 0.2) is 29.2 Å². The van der Waals surface area contributed by atoms with Gasteiger partial charge in [0.25, 0.3) is 0 Å². The smallest absolute Gasteiger partial charge is 0.194 e. The van der Waals surface area contributed by atoms with Gasteiger partial charge in [0, 0.05) is 0 Å². The summed E-state index contributed by atoms with van der Waals surface area (Å²) < 4.78 is 22.2. The number of sulfone groups is 1. The second kappa shape index (κ2) is 3.68. The van der Waals surface area contributed by atoms with Crippen LogP contribution in [0.3, 0.4) is 0 Å². The summed E-state index contributed by atoms with van der Waals surface area (Å²) in [6.07, 6.45) is 0. The Hall–Kier alpha value is -0.540. The second-order valence-electron chi connectivity index (χ2n) is 2.90. The number of hydrogen-bond donors (Lipinski definition) is 0. The van der Waals surface area contributed by atoms with E-state index in [0.29, 0.717) is 0 Å². The Balaban J connectivity index is 3.24. The molecule has 0 amide bonds. The van der Waals surface area contributed by atoms with E-state index in [2.05, 4.69) is 0 Å². The highest BCUT2D eigenvalue weighted by Crippen LogP contribution is 2.18. The first-order valence-electron chi connectivity index (χ1n) is 3.89. The van der Waals surface area contributed by atoms with E-state index in [1.807, 2.05) is 13.0 Å². The third-order valence-corrected chi connectivity index (χ3v) is 4.22. The Morgan fingerprint density at radius 3 is 2.46 bits per heavy atom. The third kappa shape index (κ3) is 2.23. The lowest BCUT2D eigenvalue weighted by molar-refractivity contribution is 0.594. The lowest BCUT2D eigenvalue weighted by Gasteiger charge is -2.06. The Morgan fingerprint density at radius 2 is 2.00 bits per heavy atom. The van der Waals surface area contributed by atoms with Crippen LogP contribution in [-0.4, -0.2) is 13.1 Å². The molecule has 0 aromatic heterocycles. The predicted octanol–water partition coefficient (Wildman–Crippen LogP) is 2.35. The van der Waals surface area contributed by atoms with Gasteiger partial charge in [-0.1, -0.05) is 12.1 Å². The van der Waals surface area contributed by atoms with Crippen LogP contribution in [-0.2, 0) is 9.84 Å². The molecule has 0 saturated carbocycles. The second-order valence-corrected chi connectivity index (χ2v) is 6.09. The Kier molecular flexibility index (Phi) is 2.98. The van der Waals surface area contributed by atoms with Crippen molar-refractivity contribution in [3.63, 3.8) is 0 Å². The molecule has 0 heterocycles. The molecule has 1 atom stereocenters. The van der Waals surface area contributed by atoms with Gasteiger partial charge in [0.05, 0.1) is 4.90 Å². The molecule has 0 fully saturated rings. The molecule has 0 aliphatic rings. The van der Waals surface area contributed by atoms with E-state index in [1.165, 1.54) is 6.92 Å². The summed E-state index contributed by atoms with van der Waals surface area (Å²) in [5, 5.41) is 0. The third-order valence-electron chi connectivity index (χ3n) is 1.75. The molecule has 1 unspecified atom stereocenters. The van der Waals surface area contributed by atoms with Crippen LogP contribution in [0.4, 0.5) is 0 Å². The van der Waals surface area contributed by atoms with E-state index in [-0.39, 0.29) is 4.90 Å². The molecule has 0 aliphatic carbocycles. The van der Waals surface area contributed by atoms with Crippen LogP contribution in [0.1, 0.15) is 12.5 Å². The molecule has 1 aromatic carbocycles. The zero-order valence-electron chi connectivity index (χ0n) is 7.49. The maximum absolute atomic E-state index is 11.6. The lowest BCUT2D eigenvalue weighted by Crippen LogP contribution is -2.11. The van der Waals surface area contributed by atoms with Crippen molar-refractivity contribution in [2.24, 2.45) is 0 Å². The van der Waals surface area contributed by atoms with Crippen LogP contribution in [0.25, 0.3) is 0 Å². The summed E-state index contributed by atoms with van der Waals surface area (Å²) in [7, 11) is -3.33. The molecule has 2 nitrogen and oxygen atoms in total. The van der Waals surface area contributed by atoms with E-state index in [0.717, 1.165) is 5.56 Å². The van der Waals surface area contributed by atoms with Crippen LogP contribution in [0.5, 0.6) is 0 Å². The van der Waals surface area contributed by atoms with Gasteiger partial charge in [0.15, 0.2) is 9.84 Å². The van der Waals surface area contributed by atoms with Gasteiger partial charge in [-0.3, -0.25) is 0 Å². The van der Waals surface area contributed by atoms with Crippen molar-refractivity contribution in [2.45, 2.75) is 23.5 Å². The summed E-state index contributed by atoms with van der Waals surface area (Å²) >= 11 is 5.57. The maximum Gasteiger partial charge on any atom is 0.194 e. The average Bonchev–Trinajstić information content (AvgIpc) is 2.04. The molecule has 1 aromatic rings. The number of hydrogen-bond acceptors (Lipinski definition) is 2. The highest BCUT2D eigenvalue weighted by atomic mass is 35.5. The summed E-state index contributed by atoms with van der Waals surface area (Å²) in [5.41, 5.74) is 0.915. The molecule has 4 heteroatoms. The zero-order valence-corrected chi connectivity index (χ0v) is 9.06. The summed E-state index contributed by atoms with van der Waals surface area (Å²) in [5.74, 6) is 0. The fourth-order valence-corrected chi connectivity index (χ4v) is 2.28. The normalized spacial score (nSPS) is 14.1. The summed E-state index contributed by atoms with van der Waals surface area (Å²) in [6, 6.07) is 6.73. The van der Waals surface area contributed by atoms with Gasteiger partial charge in [-0.2, -0.15) is 0 Å². The van der Waals surface area contributed by atoms with E-state index in [1.54, 1.807) is 18.2 Å². The summed E-state index contributed by atoms with van der Waals surface area (Å²) in [4.78, 5) is 0.287. The number of alkyl halides is 1. The molecule has 0 bridgehead atoms. The lowest BCUT2D eigenvalue weighted by atomic mass is 10.2. The van der Waals surface area contributed by atoms with Crippen molar-refractivity contribution in [3.8, 4) is 0 Å². The highest BCUT2D eigenvalue weighted by molar-refractivity contribution is 7.93. The molecule has 72 valence electrons. The van der Waals surface area contributed by atoms with Gasteiger partial charge >= 0.3 is 0 Å². The maximum atomic E-state index is 11.6. The van der Waals surface area contributed by atoms with E-state index < -0.39 is 14.5 Å². The van der Waals surface area contributed by atoms with E-state index in [4.69, 9.17) is 11.6 Å². The van der Waals surface area contributed by atoms with Crippen molar-refractivity contribution in [1.82, 2.24) is 0 Å². The van der Waals surface area contributed by atoms with Gasteiger partial charge in [-0.15, -0.1) is 11.6 Å². The quantitative estimate of drug-likeness (QED) is 0.715. The molecular weight excluding hydrogens is 208 g/mol. The van der Waals surface area contributed by atoms with Gasteiger partial charge in [-0.05, 0) is 31.5 Å². The fourth-order valence-electron chi connectivity index (χ4n) is 0.980. The molecule has 1 rings (SSSR count). The van der Waals surface area contributed by atoms with Crippen molar-refractivity contribution >= 4 is 21.4 Å². The van der Waals surface area contributed by atoms with Crippen LogP contribution >= 0.6 is 11.6 Å². The Labute approximate surface area is 83.5 Å². The van der Waals surface area contributed by atoms with Gasteiger partial charge in [0.2, 0.25) is 0 Å². The number of halogens is 1. The highest BCUT2D eigenvalue weighted by Gasteiger charge is 2.20. The van der Waals surface area contributed by atoms with Gasteiger partial charge in [0.1, 0.15) is 4.71 Å². The first kappa shape index (κ1) is 10.5. The molecule has 0 spiro atoms. The monoisotopic (exact) mass is 218 g/mol. The topological polar surface area (TPSA) is 34.1 Å². The van der Waals surface area contributed by atoms with E-state index >= 15 is 0 Å².